The number of aromatic nitrogens is 3. The van der Waals surface area contributed by atoms with Crippen LogP contribution in [0.15, 0.2) is 0 Å². The van der Waals surface area contributed by atoms with Crippen LogP contribution in [0.4, 0.5) is 5.82 Å². The molecule has 110 valence electrons. The summed E-state index contributed by atoms with van der Waals surface area (Å²) in [6.07, 6.45) is 3.73. The molecule has 0 fully saturated rings. The maximum absolute atomic E-state index is 6.07. The number of nitrogens with zero attached hydrogens (tertiary/aromatic N) is 3. The van der Waals surface area contributed by atoms with E-state index < -0.39 is 0 Å². The lowest BCUT2D eigenvalue weighted by Crippen LogP contribution is -2.04. The van der Waals surface area contributed by atoms with E-state index in [2.05, 4.69) is 42.2 Å². The summed E-state index contributed by atoms with van der Waals surface area (Å²) < 4.78 is 2.30. The molecule has 0 radical (unpaired) electrons. The predicted molar refractivity (Wildman–Crippen MR) is 84.8 cm³/mol. The third kappa shape index (κ3) is 2.79. The SMILES string of the molecule is Cc1nc(N)c2c(C)c(C)n(CCCCC(C)C)c2n1. The smallest absolute Gasteiger partial charge is 0.146 e. The lowest BCUT2D eigenvalue weighted by Gasteiger charge is -2.09. The predicted octanol–water partition coefficient (Wildman–Crippen LogP) is 3.77. The van der Waals surface area contributed by atoms with Gasteiger partial charge in [-0.1, -0.05) is 26.7 Å². The van der Waals surface area contributed by atoms with Gasteiger partial charge in [0.25, 0.3) is 0 Å². The molecule has 2 N–H and O–H groups in total. The fourth-order valence-electron chi connectivity index (χ4n) is 2.77. The maximum atomic E-state index is 6.07. The average Bonchev–Trinajstić information content (AvgIpc) is 2.58. The Morgan fingerprint density at radius 3 is 2.45 bits per heavy atom. The highest BCUT2D eigenvalue weighted by atomic mass is 15.1. The van der Waals surface area contributed by atoms with Crippen LogP contribution >= 0.6 is 0 Å². The Bertz CT molecular complexity index is 611. The first-order valence-corrected chi connectivity index (χ1v) is 7.51. The van der Waals surface area contributed by atoms with Gasteiger partial charge >= 0.3 is 0 Å². The van der Waals surface area contributed by atoms with Crippen molar-refractivity contribution in [2.45, 2.75) is 60.4 Å². The highest BCUT2D eigenvalue weighted by Crippen LogP contribution is 2.28. The molecule has 0 saturated heterocycles. The molecule has 2 rings (SSSR count). The van der Waals surface area contributed by atoms with E-state index in [1.54, 1.807) is 0 Å². The van der Waals surface area contributed by atoms with Crippen molar-refractivity contribution in [3.05, 3.63) is 17.1 Å². The summed E-state index contributed by atoms with van der Waals surface area (Å²) in [6, 6.07) is 0. The van der Waals surface area contributed by atoms with Gasteiger partial charge in [-0.3, -0.25) is 0 Å². The Hall–Kier alpha value is -1.58. The molecule has 4 nitrogen and oxygen atoms in total. The molecule has 0 unspecified atom stereocenters. The molecule has 2 aromatic rings. The Labute approximate surface area is 121 Å². The Morgan fingerprint density at radius 2 is 1.80 bits per heavy atom. The van der Waals surface area contributed by atoms with E-state index in [1.807, 2.05) is 6.92 Å². The van der Waals surface area contributed by atoms with Crippen LogP contribution in [0.2, 0.25) is 0 Å². The van der Waals surface area contributed by atoms with Crippen LogP contribution in [-0.2, 0) is 6.54 Å². The van der Waals surface area contributed by atoms with Gasteiger partial charge in [0, 0.05) is 12.2 Å². The summed E-state index contributed by atoms with van der Waals surface area (Å²) in [7, 11) is 0. The number of hydrogen-bond acceptors (Lipinski definition) is 3. The zero-order chi connectivity index (χ0) is 14.9. The van der Waals surface area contributed by atoms with E-state index in [-0.39, 0.29) is 0 Å². The van der Waals surface area contributed by atoms with Crippen molar-refractivity contribution in [2.24, 2.45) is 5.92 Å². The first-order valence-electron chi connectivity index (χ1n) is 7.51. The van der Waals surface area contributed by atoms with Crippen molar-refractivity contribution in [1.29, 1.82) is 0 Å². The van der Waals surface area contributed by atoms with Gasteiger partial charge < -0.3 is 10.3 Å². The summed E-state index contributed by atoms with van der Waals surface area (Å²) >= 11 is 0. The Morgan fingerprint density at radius 1 is 1.10 bits per heavy atom. The molecule has 0 aliphatic rings. The van der Waals surface area contributed by atoms with Crippen molar-refractivity contribution in [1.82, 2.24) is 14.5 Å². The highest BCUT2D eigenvalue weighted by molar-refractivity contribution is 5.91. The van der Waals surface area contributed by atoms with Crippen LogP contribution in [0.5, 0.6) is 0 Å². The van der Waals surface area contributed by atoms with Crippen LogP contribution in [0, 0.1) is 26.7 Å². The molecular weight excluding hydrogens is 248 g/mol. The van der Waals surface area contributed by atoms with Gasteiger partial charge in [0.2, 0.25) is 0 Å². The van der Waals surface area contributed by atoms with Crippen molar-refractivity contribution in [3.63, 3.8) is 0 Å². The molecule has 0 spiro atoms. The summed E-state index contributed by atoms with van der Waals surface area (Å²) in [4.78, 5) is 8.89. The average molecular weight is 274 g/mol. The lowest BCUT2D eigenvalue weighted by atomic mass is 10.1. The molecule has 0 amide bonds. The van der Waals surface area contributed by atoms with Gasteiger partial charge in [-0.05, 0) is 38.7 Å². The van der Waals surface area contributed by atoms with E-state index in [4.69, 9.17) is 5.73 Å². The number of rotatable bonds is 5. The summed E-state index contributed by atoms with van der Waals surface area (Å²) in [5, 5.41) is 1.02. The minimum atomic E-state index is 0.606. The number of nitrogen functional groups attached to an aromatic ring is 1. The fourth-order valence-corrected chi connectivity index (χ4v) is 2.77. The fraction of sp³-hybridized carbons (Fsp3) is 0.625. The summed E-state index contributed by atoms with van der Waals surface area (Å²) in [5.41, 5.74) is 9.54. The minimum absolute atomic E-state index is 0.606. The first kappa shape index (κ1) is 14.8. The number of nitrogens with two attached hydrogens (primary N) is 1. The van der Waals surface area contributed by atoms with Gasteiger partial charge in [-0.2, -0.15) is 0 Å². The van der Waals surface area contributed by atoms with Gasteiger partial charge in [0.05, 0.1) is 5.39 Å². The maximum Gasteiger partial charge on any atom is 0.146 e. The third-order valence-corrected chi connectivity index (χ3v) is 4.02. The number of fused-ring (bicyclic) bond motifs is 1. The van der Waals surface area contributed by atoms with Crippen LogP contribution in [0.25, 0.3) is 11.0 Å². The molecule has 2 heterocycles. The zero-order valence-electron chi connectivity index (χ0n) is 13.3. The van der Waals surface area contributed by atoms with Crippen molar-refractivity contribution < 1.29 is 0 Å². The summed E-state index contributed by atoms with van der Waals surface area (Å²) in [6.45, 7) is 11.7. The normalized spacial score (nSPS) is 11.7. The van der Waals surface area contributed by atoms with E-state index in [1.165, 1.54) is 30.5 Å². The zero-order valence-corrected chi connectivity index (χ0v) is 13.3. The molecule has 0 bridgehead atoms. The second-order valence-electron chi connectivity index (χ2n) is 6.11. The monoisotopic (exact) mass is 274 g/mol. The minimum Gasteiger partial charge on any atom is -0.383 e. The number of hydrogen-bond donors (Lipinski definition) is 1. The molecule has 20 heavy (non-hydrogen) atoms. The van der Waals surface area contributed by atoms with Crippen LogP contribution in [0.1, 0.15) is 50.2 Å². The summed E-state index contributed by atoms with van der Waals surface area (Å²) in [5.74, 6) is 2.13. The number of aryl methyl sites for hydroxylation is 3. The lowest BCUT2D eigenvalue weighted by molar-refractivity contribution is 0.510. The molecule has 0 aliphatic carbocycles. The van der Waals surface area contributed by atoms with Crippen molar-refractivity contribution in [2.75, 3.05) is 5.73 Å². The number of unbranched alkanes of at least 4 members (excludes halogenated alkanes) is 1. The third-order valence-electron chi connectivity index (χ3n) is 4.02. The highest BCUT2D eigenvalue weighted by Gasteiger charge is 2.15. The molecule has 2 aromatic heterocycles. The quantitative estimate of drug-likeness (QED) is 0.844. The molecule has 0 aromatic carbocycles. The number of anilines is 1. The molecule has 0 atom stereocenters. The van der Waals surface area contributed by atoms with Crippen molar-refractivity contribution in [3.8, 4) is 0 Å². The van der Waals surface area contributed by atoms with Crippen LogP contribution in [-0.4, -0.2) is 14.5 Å². The topological polar surface area (TPSA) is 56.7 Å². The first-order chi connectivity index (χ1) is 9.41. The molecule has 4 heteroatoms. The van der Waals surface area contributed by atoms with Crippen molar-refractivity contribution >= 4 is 16.9 Å². The van der Waals surface area contributed by atoms with Crippen LogP contribution in [0.3, 0.4) is 0 Å². The van der Waals surface area contributed by atoms with E-state index >= 15 is 0 Å². The molecular formula is C16H26N4. The second-order valence-corrected chi connectivity index (χ2v) is 6.11. The van der Waals surface area contributed by atoms with E-state index in [0.29, 0.717) is 5.82 Å². The van der Waals surface area contributed by atoms with Crippen LogP contribution < -0.4 is 5.73 Å². The van der Waals surface area contributed by atoms with E-state index in [9.17, 15) is 0 Å². The Kier molecular flexibility index (Phi) is 4.31. The molecule has 0 saturated carbocycles. The Balaban J connectivity index is 2.31. The molecule has 0 aliphatic heterocycles. The van der Waals surface area contributed by atoms with Gasteiger partial charge in [0.1, 0.15) is 17.3 Å². The van der Waals surface area contributed by atoms with Gasteiger partial charge in [-0.25, -0.2) is 9.97 Å². The van der Waals surface area contributed by atoms with Gasteiger partial charge in [-0.15, -0.1) is 0 Å². The van der Waals surface area contributed by atoms with Gasteiger partial charge in [0.15, 0.2) is 0 Å². The van der Waals surface area contributed by atoms with E-state index in [0.717, 1.165) is 29.3 Å². The standard InChI is InChI=1S/C16H26N4/c1-10(2)8-6-7-9-20-12(4)11(3)14-15(17)18-13(5)19-16(14)20/h10H,6-9H2,1-5H3,(H2,17,18,19). The second kappa shape index (κ2) is 5.81. The largest absolute Gasteiger partial charge is 0.383 e.